The molecule has 0 saturated carbocycles. The van der Waals surface area contributed by atoms with E-state index in [2.05, 4.69) is 5.32 Å². The summed E-state index contributed by atoms with van der Waals surface area (Å²) in [6, 6.07) is -1.28. The van der Waals surface area contributed by atoms with Crippen LogP contribution in [0.1, 0.15) is 34.1 Å². The molecule has 0 spiro atoms. The van der Waals surface area contributed by atoms with Crippen LogP contribution in [0.3, 0.4) is 0 Å². The predicted molar refractivity (Wildman–Crippen MR) is 66.1 cm³/mol. The largest absolute Gasteiger partial charge is 0.368 e. The predicted octanol–water partition coefficient (Wildman–Crippen LogP) is 0.162. The second kappa shape index (κ2) is 6.70. The van der Waals surface area contributed by atoms with Gasteiger partial charge in [-0.05, 0) is 11.8 Å². The van der Waals surface area contributed by atoms with Crippen molar-refractivity contribution >= 4 is 24.2 Å². The first-order valence-corrected chi connectivity index (χ1v) is 5.05. The standard InChI is InChI=1S/C10H21N3O2.ClH/c1-5-6(11)9(15)13-7(8(12)14)10(2,3)4;/h6-7H,5,11H2,1-4H3,(H2,12,14)(H,13,15);1H/t6-,7?;/m0./s1. The molecule has 6 heteroatoms. The van der Waals surface area contributed by atoms with E-state index >= 15 is 0 Å². The Kier molecular flexibility index (Phi) is 7.37. The van der Waals surface area contributed by atoms with Crippen molar-refractivity contribution in [2.45, 2.75) is 46.2 Å². The van der Waals surface area contributed by atoms with E-state index in [0.29, 0.717) is 6.42 Å². The van der Waals surface area contributed by atoms with Crippen LogP contribution in [0, 0.1) is 5.41 Å². The average molecular weight is 252 g/mol. The molecule has 2 amide bonds. The SMILES string of the molecule is CC[C@H](N)C(=O)NC(C(N)=O)C(C)(C)C.Cl. The molecule has 5 N–H and O–H groups in total. The van der Waals surface area contributed by atoms with E-state index in [1.807, 2.05) is 20.8 Å². The molecule has 0 fully saturated rings. The van der Waals surface area contributed by atoms with Crippen molar-refractivity contribution < 1.29 is 9.59 Å². The third-order valence-electron chi connectivity index (χ3n) is 2.21. The highest BCUT2D eigenvalue weighted by Crippen LogP contribution is 2.18. The molecule has 96 valence electrons. The molecule has 0 aromatic carbocycles. The van der Waals surface area contributed by atoms with Gasteiger partial charge in [0, 0.05) is 0 Å². The number of amides is 2. The van der Waals surface area contributed by atoms with Gasteiger partial charge in [-0.25, -0.2) is 0 Å². The molecule has 0 aliphatic rings. The molecular weight excluding hydrogens is 230 g/mol. The first kappa shape index (κ1) is 17.6. The highest BCUT2D eigenvalue weighted by Gasteiger charge is 2.31. The summed E-state index contributed by atoms with van der Waals surface area (Å²) >= 11 is 0. The third kappa shape index (κ3) is 5.32. The molecule has 5 nitrogen and oxygen atoms in total. The molecule has 1 unspecified atom stereocenters. The van der Waals surface area contributed by atoms with Crippen LogP contribution in [0.15, 0.2) is 0 Å². The number of primary amides is 1. The molecule has 0 radical (unpaired) electrons. The van der Waals surface area contributed by atoms with Crippen molar-refractivity contribution in [2.24, 2.45) is 16.9 Å². The number of halogens is 1. The number of nitrogens with two attached hydrogens (primary N) is 2. The van der Waals surface area contributed by atoms with Gasteiger partial charge in [0.2, 0.25) is 11.8 Å². The van der Waals surface area contributed by atoms with Crippen LogP contribution < -0.4 is 16.8 Å². The molecule has 2 atom stereocenters. The minimum atomic E-state index is -0.692. The van der Waals surface area contributed by atoms with Crippen LogP contribution in [-0.2, 0) is 9.59 Å². The first-order valence-electron chi connectivity index (χ1n) is 5.05. The lowest BCUT2D eigenvalue weighted by Crippen LogP contribution is -2.55. The molecule has 0 bridgehead atoms. The van der Waals surface area contributed by atoms with E-state index in [1.165, 1.54) is 0 Å². The summed E-state index contributed by atoms with van der Waals surface area (Å²) in [6.45, 7) is 7.31. The maximum absolute atomic E-state index is 11.5. The summed E-state index contributed by atoms with van der Waals surface area (Å²) < 4.78 is 0. The highest BCUT2D eigenvalue weighted by atomic mass is 35.5. The van der Waals surface area contributed by atoms with Crippen LogP contribution >= 0.6 is 12.4 Å². The third-order valence-corrected chi connectivity index (χ3v) is 2.21. The maximum Gasteiger partial charge on any atom is 0.240 e. The van der Waals surface area contributed by atoms with Crippen LogP contribution in [0.4, 0.5) is 0 Å². The second-order valence-corrected chi connectivity index (χ2v) is 4.72. The van der Waals surface area contributed by atoms with Gasteiger partial charge in [-0.1, -0.05) is 27.7 Å². The van der Waals surface area contributed by atoms with Gasteiger partial charge < -0.3 is 16.8 Å². The molecular formula is C10H22ClN3O2. The summed E-state index contributed by atoms with van der Waals surface area (Å²) in [5, 5.41) is 2.57. The summed E-state index contributed by atoms with van der Waals surface area (Å²) in [6.07, 6.45) is 0.529. The molecule has 0 aliphatic carbocycles. The van der Waals surface area contributed by atoms with Gasteiger partial charge >= 0.3 is 0 Å². The summed E-state index contributed by atoms with van der Waals surface area (Å²) in [5.41, 5.74) is 10.4. The lowest BCUT2D eigenvalue weighted by molar-refractivity contribution is -0.130. The molecule has 0 saturated heterocycles. The van der Waals surface area contributed by atoms with Crippen molar-refractivity contribution in [3.05, 3.63) is 0 Å². The van der Waals surface area contributed by atoms with Gasteiger partial charge in [-0.2, -0.15) is 0 Å². The van der Waals surface area contributed by atoms with Crippen molar-refractivity contribution in [3.8, 4) is 0 Å². The van der Waals surface area contributed by atoms with Gasteiger partial charge in [0.25, 0.3) is 0 Å². The normalized spacial score (nSPS) is 14.6. The Labute approximate surface area is 103 Å². The monoisotopic (exact) mass is 251 g/mol. The maximum atomic E-state index is 11.5. The number of nitrogens with one attached hydrogen (secondary N) is 1. The molecule has 0 aliphatic heterocycles. The second-order valence-electron chi connectivity index (χ2n) is 4.72. The van der Waals surface area contributed by atoms with E-state index in [0.717, 1.165) is 0 Å². The lowest BCUT2D eigenvalue weighted by Gasteiger charge is -2.29. The zero-order valence-electron chi connectivity index (χ0n) is 10.2. The van der Waals surface area contributed by atoms with E-state index in [1.54, 1.807) is 6.92 Å². The molecule has 0 heterocycles. The molecule has 0 rings (SSSR count). The van der Waals surface area contributed by atoms with Gasteiger partial charge in [0.15, 0.2) is 0 Å². The Morgan fingerprint density at radius 2 is 1.75 bits per heavy atom. The molecule has 0 aromatic rings. The Morgan fingerprint density at radius 3 is 2.00 bits per heavy atom. The van der Waals surface area contributed by atoms with E-state index in [-0.39, 0.29) is 18.3 Å². The van der Waals surface area contributed by atoms with Gasteiger partial charge in [0.05, 0.1) is 6.04 Å². The van der Waals surface area contributed by atoms with Crippen molar-refractivity contribution in [3.63, 3.8) is 0 Å². The van der Waals surface area contributed by atoms with E-state index in [9.17, 15) is 9.59 Å². The Morgan fingerprint density at radius 1 is 1.31 bits per heavy atom. The lowest BCUT2D eigenvalue weighted by atomic mass is 9.86. The smallest absolute Gasteiger partial charge is 0.240 e. The summed E-state index contributed by atoms with van der Waals surface area (Å²) in [5.74, 6) is -0.879. The van der Waals surface area contributed by atoms with Crippen molar-refractivity contribution in [2.75, 3.05) is 0 Å². The highest BCUT2D eigenvalue weighted by molar-refractivity contribution is 5.89. The van der Waals surface area contributed by atoms with Gasteiger partial charge in [0.1, 0.15) is 6.04 Å². The fourth-order valence-corrected chi connectivity index (χ4v) is 1.15. The average Bonchev–Trinajstić information content (AvgIpc) is 2.09. The van der Waals surface area contributed by atoms with Crippen LogP contribution in [0.2, 0.25) is 0 Å². The zero-order valence-corrected chi connectivity index (χ0v) is 11.1. The summed E-state index contributed by atoms with van der Waals surface area (Å²) in [4.78, 5) is 22.7. The van der Waals surface area contributed by atoms with E-state index in [4.69, 9.17) is 11.5 Å². The van der Waals surface area contributed by atoms with Crippen molar-refractivity contribution in [1.29, 1.82) is 0 Å². The molecule has 16 heavy (non-hydrogen) atoms. The number of hydrogen-bond donors (Lipinski definition) is 3. The summed E-state index contributed by atoms with van der Waals surface area (Å²) in [7, 11) is 0. The quantitative estimate of drug-likeness (QED) is 0.664. The molecule has 0 aromatic heterocycles. The number of rotatable bonds is 4. The van der Waals surface area contributed by atoms with Crippen LogP contribution in [0.25, 0.3) is 0 Å². The number of hydrogen-bond acceptors (Lipinski definition) is 3. The van der Waals surface area contributed by atoms with Crippen LogP contribution in [0.5, 0.6) is 0 Å². The Hall–Kier alpha value is -0.810. The topological polar surface area (TPSA) is 98.2 Å². The minimum Gasteiger partial charge on any atom is -0.368 e. The van der Waals surface area contributed by atoms with Gasteiger partial charge in [-0.3, -0.25) is 9.59 Å². The zero-order chi connectivity index (χ0) is 12.2. The number of carbonyl (C=O) groups excluding carboxylic acids is 2. The Bertz CT molecular complexity index is 251. The van der Waals surface area contributed by atoms with Crippen molar-refractivity contribution in [1.82, 2.24) is 5.32 Å². The fraction of sp³-hybridized carbons (Fsp3) is 0.800. The first-order chi connectivity index (χ1) is 6.70. The van der Waals surface area contributed by atoms with Gasteiger partial charge in [-0.15, -0.1) is 12.4 Å². The fourth-order valence-electron chi connectivity index (χ4n) is 1.15. The number of carbonyl (C=O) groups is 2. The van der Waals surface area contributed by atoms with Crippen LogP contribution in [-0.4, -0.2) is 23.9 Å². The minimum absolute atomic E-state index is 0. The Balaban J connectivity index is 0. The van der Waals surface area contributed by atoms with E-state index < -0.39 is 23.4 Å².